The Labute approximate surface area is 99.0 Å². The van der Waals surface area contributed by atoms with Crippen molar-refractivity contribution < 1.29 is 9.84 Å². The van der Waals surface area contributed by atoms with E-state index in [4.69, 9.17) is 21.4 Å². The van der Waals surface area contributed by atoms with Gasteiger partial charge in [-0.25, -0.2) is 0 Å². The molecule has 0 radical (unpaired) electrons. The van der Waals surface area contributed by atoms with E-state index < -0.39 is 0 Å². The lowest BCUT2D eigenvalue weighted by Crippen LogP contribution is -2.21. The Morgan fingerprint density at radius 2 is 2.00 bits per heavy atom. The molecular formula is C9H15ClN4O2. The summed E-state index contributed by atoms with van der Waals surface area (Å²) in [6.45, 7) is 5.49. The monoisotopic (exact) mass is 246 g/mol. The van der Waals surface area contributed by atoms with E-state index in [0.29, 0.717) is 0 Å². The molecule has 7 heteroatoms. The van der Waals surface area contributed by atoms with Gasteiger partial charge in [-0.3, -0.25) is 0 Å². The predicted octanol–water partition coefficient (Wildman–Crippen LogP) is 1.10. The second-order valence-electron chi connectivity index (χ2n) is 3.61. The van der Waals surface area contributed by atoms with Crippen LogP contribution in [0, 0.1) is 0 Å². The van der Waals surface area contributed by atoms with Crippen LogP contribution in [0.5, 0.6) is 6.01 Å². The van der Waals surface area contributed by atoms with Crippen LogP contribution in [0.15, 0.2) is 0 Å². The summed E-state index contributed by atoms with van der Waals surface area (Å²) in [4.78, 5) is 11.7. The summed E-state index contributed by atoms with van der Waals surface area (Å²) in [6.07, 6.45) is -0.0402. The van der Waals surface area contributed by atoms with E-state index in [1.54, 1.807) is 6.92 Å². The van der Waals surface area contributed by atoms with Crippen molar-refractivity contribution in [2.45, 2.75) is 32.9 Å². The minimum Gasteiger partial charge on any atom is -0.461 e. The summed E-state index contributed by atoms with van der Waals surface area (Å²) in [7, 11) is 0. The Morgan fingerprint density at radius 3 is 2.56 bits per heavy atom. The first-order valence-corrected chi connectivity index (χ1v) is 5.34. The van der Waals surface area contributed by atoms with E-state index in [2.05, 4.69) is 20.3 Å². The van der Waals surface area contributed by atoms with Crippen LogP contribution in [0.25, 0.3) is 0 Å². The average Bonchev–Trinajstić information content (AvgIpc) is 2.15. The third-order valence-corrected chi connectivity index (χ3v) is 1.75. The highest BCUT2D eigenvalue weighted by atomic mass is 35.5. The topological polar surface area (TPSA) is 80.2 Å². The number of hydrogen-bond acceptors (Lipinski definition) is 6. The Balaban J connectivity index is 2.81. The number of halogens is 1. The van der Waals surface area contributed by atoms with Gasteiger partial charge in [-0.2, -0.15) is 15.0 Å². The maximum absolute atomic E-state index is 8.88. The zero-order chi connectivity index (χ0) is 12.1. The number of nitrogens with zero attached hydrogens (tertiary/aromatic N) is 3. The van der Waals surface area contributed by atoms with Gasteiger partial charge in [-0.05, 0) is 32.4 Å². The van der Waals surface area contributed by atoms with Gasteiger partial charge in [0.25, 0.3) is 0 Å². The second-order valence-corrected chi connectivity index (χ2v) is 3.94. The van der Waals surface area contributed by atoms with Gasteiger partial charge in [0.05, 0.1) is 12.7 Å². The number of hydrogen-bond donors (Lipinski definition) is 2. The van der Waals surface area contributed by atoms with Crippen LogP contribution >= 0.6 is 11.6 Å². The van der Waals surface area contributed by atoms with Gasteiger partial charge < -0.3 is 15.2 Å². The maximum Gasteiger partial charge on any atom is 0.322 e. The first kappa shape index (κ1) is 12.9. The molecule has 6 nitrogen and oxygen atoms in total. The smallest absolute Gasteiger partial charge is 0.322 e. The Morgan fingerprint density at radius 1 is 1.31 bits per heavy atom. The molecule has 0 aliphatic heterocycles. The maximum atomic E-state index is 8.88. The van der Waals surface area contributed by atoms with Crippen molar-refractivity contribution in [3.8, 4) is 6.01 Å². The van der Waals surface area contributed by atoms with Crippen molar-refractivity contribution in [1.29, 1.82) is 0 Å². The molecule has 0 aliphatic carbocycles. The first-order valence-electron chi connectivity index (χ1n) is 4.97. The molecule has 0 saturated carbocycles. The molecule has 0 saturated heterocycles. The molecule has 1 aromatic rings. The molecule has 0 fully saturated rings. The molecule has 90 valence electrons. The average molecular weight is 247 g/mol. The van der Waals surface area contributed by atoms with Crippen molar-refractivity contribution in [1.82, 2.24) is 15.0 Å². The highest BCUT2D eigenvalue weighted by Gasteiger charge is 2.09. The van der Waals surface area contributed by atoms with Crippen LogP contribution < -0.4 is 10.1 Å². The third-order valence-electron chi connectivity index (χ3n) is 1.58. The molecule has 1 heterocycles. The number of anilines is 1. The molecule has 0 bridgehead atoms. The Kier molecular flexibility index (Phi) is 4.70. The summed E-state index contributed by atoms with van der Waals surface area (Å²) >= 11 is 5.72. The highest BCUT2D eigenvalue weighted by molar-refractivity contribution is 6.28. The molecule has 0 amide bonds. The SMILES string of the molecule is CC(CO)Nc1nc(Cl)nc(OC(C)C)n1. The van der Waals surface area contributed by atoms with E-state index in [1.807, 2.05) is 13.8 Å². The fourth-order valence-electron chi connectivity index (χ4n) is 0.926. The number of rotatable bonds is 5. The van der Waals surface area contributed by atoms with Gasteiger partial charge in [0.1, 0.15) is 0 Å². The van der Waals surface area contributed by atoms with Gasteiger partial charge in [-0.15, -0.1) is 0 Å². The lowest BCUT2D eigenvalue weighted by Gasteiger charge is -2.12. The fraction of sp³-hybridized carbons (Fsp3) is 0.667. The molecular weight excluding hydrogens is 232 g/mol. The summed E-state index contributed by atoms with van der Waals surface area (Å²) in [5, 5.41) is 11.8. The summed E-state index contributed by atoms with van der Waals surface area (Å²) in [5.41, 5.74) is 0. The van der Waals surface area contributed by atoms with Crippen LogP contribution in [0.3, 0.4) is 0 Å². The van der Waals surface area contributed by atoms with Crippen LogP contribution in [-0.2, 0) is 0 Å². The summed E-state index contributed by atoms with van der Waals surface area (Å²) < 4.78 is 5.30. The number of aromatic nitrogens is 3. The summed E-state index contributed by atoms with van der Waals surface area (Å²) in [6, 6.07) is 0.00741. The number of aliphatic hydroxyl groups is 1. The minimum atomic E-state index is -0.162. The molecule has 1 aromatic heterocycles. The largest absolute Gasteiger partial charge is 0.461 e. The molecule has 16 heavy (non-hydrogen) atoms. The zero-order valence-corrected chi connectivity index (χ0v) is 10.2. The van der Waals surface area contributed by atoms with Crippen LogP contribution in [0.4, 0.5) is 5.95 Å². The molecule has 2 N–H and O–H groups in total. The van der Waals surface area contributed by atoms with E-state index in [-0.39, 0.29) is 36.0 Å². The van der Waals surface area contributed by atoms with Gasteiger partial charge in [0, 0.05) is 6.04 Å². The standard InChI is InChI=1S/C9H15ClN4O2/c1-5(2)16-9-13-7(10)12-8(14-9)11-6(3)4-15/h5-6,15H,4H2,1-3H3,(H,11,12,13,14). The van der Waals surface area contributed by atoms with Crippen LogP contribution in [-0.4, -0.2) is 38.8 Å². The quantitative estimate of drug-likeness (QED) is 0.810. The van der Waals surface area contributed by atoms with Crippen molar-refractivity contribution >= 4 is 17.5 Å². The van der Waals surface area contributed by atoms with Gasteiger partial charge in [-0.1, -0.05) is 0 Å². The molecule has 0 aliphatic rings. The second kappa shape index (κ2) is 5.81. The lowest BCUT2D eigenvalue weighted by atomic mass is 10.4. The van der Waals surface area contributed by atoms with E-state index >= 15 is 0 Å². The van der Waals surface area contributed by atoms with Crippen molar-refractivity contribution in [3.63, 3.8) is 0 Å². The molecule has 1 atom stereocenters. The molecule has 0 spiro atoms. The minimum absolute atomic E-state index is 0.0241. The number of nitrogens with one attached hydrogen (secondary N) is 1. The first-order chi connectivity index (χ1) is 7.51. The van der Waals surface area contributed by atoms with Gasteiger partial charge >= 0.3 is 6.01 Å². The predicted molar refractivity (Wildman–Crippen MR) is 60.8 cm³/mol. The Hall–Kier alpha value is -1.14. The van der Waals surface area contributed by atoms with Gasteiger partial charge in [0.15, 0.2) is 0 Å². The van der Waals surface area contributed by atoms with E-state index in [9.17, 15) is 0 Å². The summed E-state index contributed by atoms with van der Waals surface area (Å²) in [5.74, 6) is 0.289. The van der Waals surface area contributed by atoms with E-state index in [1.165, 1.54) is 0 Å². The van der Waals surface area contributed by atoms with Crippen molar-refractivity contribution in [3.05, 3.63) is 5.28 Å². The van der Waals surface area contributed by atoms with Gasteiger partial charge in [0.2, 0.25) is 11.2 Å². The number of aliphatic hydroxyl groups excluding tert-OH is 1. The third kappa shape index (κ3) is 4.16. The van der Waals surface area contributed by atoms with Crippen molar-refractivity contribution in [2.75, 3.05) is 11.9 Å². The van der Waals surface area contributed by atoms with Crippen LogP contribution in [0.1, 0.15) is 20.8 Å². The highest BCUT2D eigenvalue weighted by Crippen LogP contribution is 2.13. The van der Waals surface area contributed by atoms with Crippen LogP contribution in [0.2, 0.25) is 5.28 Å². The Bertz CT molecular complexity index is 348. The lowest BCUT2D eigenvalue weighted by molar-refractivity contribution is 0.221. The van der Waals surface area contributed by atoms with E-state index in [0.717, 1.165) is 0 Å². The zero-order valence-electron chi connectivity index (χ0n) is 9.44. The number of ether oxygens (including phenoxy) is 1. The molecule has 0 aromatic carbocycles. The molecule has 1 rings (SSSR count). The van der Waals surface area contributed by atoms with Crippen molar-refractivity contribution in [2.24, 2.45) is 0 Å². The molecule has 1 unspecified atom stereocenters. The fourth-order valence-corrected chi connectivity index (χ4v) is 1.08. The normalized spacial score (nSPS) is 12.6.